The molecule has 2 fully saturated rings. The van der Waals surface area contributed by atoms with Crippen molar-refractivity contribution in [2.24, 2.45) is 0 Å². The predicted molar refractivity (Wildman–Crippen MR) is 53.6 cm³/mol. The van der Waals surface area contributed by atoms with Gasteiger partial charge in [0.1, 0.15) is 6.04 Å². The summed E-state index contributed by atoms with van der Waals surface area (Å²) in [5.41, 5.74) is 0. The highest BCUT2D eigenvalue weighted by atomic mass is 16.5. The molecule has 0 aromatic heterocycles. The molecule has 1 unspecified atom stereocenters. The van der Waals surface area contributed by atoms with Gasteiger partial charge in [-0.15, -0.1) is 0 Å². The molecule has 0 amide bonds. The van der Waals surface area contributed by atoms with Crippen LogP contribution in [0.25, 0.3) is 0 Å². The van der Waals surface area contributed by atoms with Gasteiger partial charge in [-0.05, 0) is 25.7 Å². The van der Waals surface area contributed by atoms with Crippen LogP contribution in [0.4, 0.5) is 0 Å². The number of ether oxygens (including phenoxy) is 1. The molecule has 0 aromatic carbocycles. The number of likely N-dealkylation sites (tertiary alicyclic amines) is 1. The molecule has 0 spiro atoms. The molecule has 2 heteroatoms. The van der Waals surface area contributed by atoms with Crippen LogP contribution in [0.5, 0.6) is 0 Å². The van der Waals surface area contributed by atoms with E-state index in [0.717, 1.165) is 19.3 Å². The minimum Gasteiger partial charge on any atom is -0.375 e. The second-order valence-corrected chi connectivity index (χ2v) is 4.86. The third kappa shape index (κ3) is 2.05. The van der Waals surface area contributed by atoms with Gasteiger partial charge in [0.05, 0.1) is 26.7 Å². The molecule has 76 valence electrons. The highest BCUT2D eigenvalue weighted by molar-refractivity contribution is 4.66. The second-order valence-electron chi connectivity index (χ2n) is 4.86. The van der Waals surface area contributed by atoms with E-state index in [9.17, 15) is 0 Å². The zero-order valence-electron chi connectivity index (χ0n) is 8.80. The fourth-order valence-corrected chi connectivity index (χ4v) is 2.82. The molecule has 2 nitrogen and oxygen atoms in total. The van der Waals surface area contributed by atoms with E-state index in [1.807, 2.05) is 0 Å². The van der Waals surface area contributed by atoms with Crippen LogP contribution in [-0.2, 0) is 4.74 Å². The van der Waals surface area contributed by atoms with E-state index in [1.165, 1.54) is 49.7 Å². The van der Waals surface area contributed by atoms with Crippen LogP contribution in [0.2, 0.25) is 0 Å². The van der Waals surface area contributed by atoms with E-state index in [-0.39, 0.29) is 0 Å². The lowest BCUT2D eigenvalue weighted by atomic mass is 10.0. The van der Waals surface area contributed by atoms with Crippen LogP contribution in [-0.4, -0.2) is 43.9 Å². The van der Waals surface area contributed by atoms with Crippen molar-refractivity contribution in [2.45, 2.75) is 38.1 Å². The van der Waals surface area contributed by atoms with Crippen molar-refractivity contribution >= 4 is 0 Å². The first-order valence-electron chi connectivity index (χ1n) is 5.73. The lowest BCUT2D eigenvalue weighted by Gasteiger charge is -2.45. The average molecular weight is 184 g/mol. The Hall–Kier alpha value is -0.0800. The first kappa shape index (κ1) is 9.47. The highest BCUT2D eigenvalue weighted by Gasteiger charge is 2.35. The van der Waals surface area contributed by atoms with Gasteiger partial charge in [0.25, 0.3) is 0 Å². The molecule has 2 saturated heterocycles. The number of rotatable bonds is 1. The molecule has 13 heavy (non-hydrogen) atoms. The van der Waals surface area contributed by atoms with E-state index in [4.69, 9.17) is 4.74 Å². The Kier molecular flexibility index (Phi) is 2.89. The minimum atomic E-state index is 0.800. The maximum absolute atomic E-state index is 5.58. The van der Waals surface area contributed by atoms with E-state index in [1.54, 1.807) is 0 Å². The lowest BCUT2D eigenvalue weighted by molar-refractivity contribution is -0.939. The number of likely N-dealkylation sites (N-methyl/N-ethyl adjacent to an activating group) is 1. The molecular weight excluding hydrogens is 162 g/mol. The van der Waals surface area contributed by atoms with Gasteiger partial charge in [-0.2, -0.15) is 0 Å². The number of piperidine rings is 1. The van der Waals surface area contributed by atoms with E-state index in [2.05, 4.69) is 7.05 Å². The maximum atomic E-state index is 5.58. The quantitative estimate of drug-likeness (QED) is 0.565. The summed E-state index contributed by atoms with van der Waals surface area (Å²) in [7, 11) is 2.43. The van der Waals surface area contributed by atoms with Crippen LogP contribution >= 0.6 is 0 Å². The topological polar surface area (TPSA) is 9.23 Å². The molecule has 0 saturated carbocycles. The molecular formula is C11H22NO+. The predicted octanol–water partition coefficient (Wildman–Crippen LogP) is 1.80. The van der Waals surface area contributed by atoms with Gasteiger partial charge >= 0.3 is 0 Å². The Balaban J connectivity index is 1.94. The van der Waals surface area contributed by atoms with Crippen molar-refractivity contribution < 1.29 is 9.22 Å². The van der Waals surface area contributed by atoms with Gasteiger partial charge in [0, 0.05) is 13.0 Å². The minimum absolute atomic E-state index is 0.800. The molecule has 0 aromatic rings. The van der Waals surface area contributed by atoms with E-state index >= 15 is 0 Å². The summed E-state index contributed by atoms with van der Waals surface area (Å²) in [6.07, 6.45) is 6.95. The zero-order valence-corrected chi connectivity index (χ0v) is 8.80. The highest BCUT2D eigenvalue weighted by Crippen LogP contribution is 2.25. The first-order chi connectivity index (χ1) is 6.31. The summed E-state index contributed by atoms with van der Waals surface area (Å²) < 4.78 is 6.88. The average Bonchev–Trinajstić information content (AvgIpc) is 2.20. The molecule has 0 N–H and O–H groups in total. The summed E-state index contributed by atoms with van der Waals surface area (Å²) >= 11 is 0. The molecule has 2 aliphatic heterocycles. The number of hydrogen-bond acceptors (Lipinski definition) is 1. The number of nitrogens with zero attached hydrogens (tertiary/aromatic N) is 1. The van der Waals surface area contributed by atoms with Gasteiger partial charge in [0.15, 0.2) is 0 Å². The Morgan fingerprint density at radius 1 is 1.08 bits per heavy atom. The third-order valence-electron chi connectivity index (χ3n) is 3.86. The lowest BCUT2D eigenvalue weighted by Crippen LogP contribution is -2.57. The van der Waals surface area contributed by atoms with Crippen molar-refractivity contribution in [3.05, 3.63) is 0 Å². The Labute approximate surface area is 81.5 Å². The normalized spacial score (nSPS) is 34.4. The molecule has 2 aliphatic rings. The summed E-state index contributed by atoms with van der Waals surface area (Å²) in [6, 6.07) is 0.800. The van der Waals surface area contributed by atoms with Crippen molar-refractivity contribution in [2.75, 3.05) is 33.4 Å². The summed E-state index contributed by atoms with van der Waals surface area (Å²) in [5, 5.41) is 0. The fourth-order valence-electron chi connectivity index (χ4n) is 2.82. The van der Waals surface area contributed by atoms with E-state index in [0.29, 0.717) is 0 Å². The largest absolute Gasteiger partial charge is 0.375 e. The summed E-state index contributed by atoms with van der Waals surface area (Å²) in [6.45, 7) is 4.77. The third-order valence-corrected chi connectivity index (χ3v) is 3.86. The summed E-state index contributed by atoms with van der Waals surface area (Å²) in [5.74, 6) is 0. The number of hydrogen-bond donors (Lipinski definition) is 0. The van der Waals surface area contributed by atoms with Gasteiger partial charge in [-0.25, -0.2) is 0 Å². The van der Waals surface area contributed by atoms with Crippen LogP contribution in [0, 0.1) is 0 Å². The van der Waals surface area contributed by atoms with Crippen LogP contribution in [0.15, 0.2) is 0 Å². The van der Waals surface area contributed by atoms with Crippen LogP contribution in [0.3, 0.4) is 0 Å². The molecule has 0 bridgehead atoms. The van der Waals surface area contributed by atoms with Gasteiger partial charge in [-0.1, -0.05) is 0 Å². The van der Waals surface area contributed by atoms with Gasteiger partial charge < -0.3 is 9.22 Å². The van der Waals surface area contributed by atoms with Crippen molar-refractivity contribution in [3.8, 4) is 0 Å². The molecule has 0 radical (unpaired) electrons. The van der Waals surface area contributed by atoms with Crippen LogP contribution < -0.4 is 0 Å². The Morgan fingerprint density at radius 2 is 1.85 bits per heavy atom. The number of quaternary nitrogens is 1. The standard InChI is InChI=1S/C11H22NO/c1-12(7-3-2-4-8-12)11-6-5-9-13-10-11/h11H,2-10H2,1H3/q+1. The first-order valence-corrected chi connectivity index (χ1v) is 5.73. The monoisotopic (exact) mass is 184 g/mol. The SMILES string of the molecule is C[N+]1(C2CCCOC2)CCCCC1. The summed E-state index contributed by atoms with van der Waals surface area (Å²) in [4.78, 5) is 0. The van der Waals surface area contributed by atoms with Crippen molar-refractivity contribution in [3.63, 3.8) is 0 Å². The molecule has 1 atom stereocenters. The Bertz CT molecular complexity index is 157. The fraction of sp³-hybridized carbons (Fsp3) is 1.00. The Morgan fingerprint density at radius 3 is 2.46 bits per heavy atom. The smallest absolute Gasteiger partial charge is 0.113 e. The van der Waals surface area contributed by atoms with Gasteiger partial charge in [0.2, 0.25) is 0 Å². The second kappa shape index (κ2) is 3.97. The zero-order chi connectivity index (χ0) is 9.15. The maximum Gasteiger partial charge on any atom is 0.113 e. The van der Waals surface area contributed by atoms with Crippen LogP contribution in [0.1, 0.15) is 32.1 Å². The molecule has 2 rings (SSSR count). The van der Waals surface area contributed by atoms with E-state index < -0.39 is 0 Å². The molecule has 2 heterocycles. The molecule has 0 aliphatic carbocycles. The van der Waals surface area contributed by atoms with Crippen molar-refractivity contribution in [1.29, 1.82) is 0 Å². The van der Waals surface area contributed by atoms with Gasteiger partial charge in [-0.3, -0.25) is 0 Å². The van der Waals surface area contributed by atoms with Crippen molar-refractivity contribution in [1.82, 2.24) is 0 Å².